The number of benzene rings is 1. The molecule has 150 valence electrons. The molecule has 0 heterocycles. The Bertz CT molecular complexity index is 466. The van der Waals surface area contributed by atoms with Gasteiger partial charge in [-0.25, -0.2) is 0 Å². The molecule has 1 aromatic rings. The second-order valence-corrected chi connectivity index (χ2v) is 7.34. The van der Waals surface area contributed by atoms with Crippen molar-refractivity contribution in [3.05, 3.63) is 35.0 Å². The van der Waals surface area contributed by atoms with E-state index in [0.717, 1.165) is 18.4 Å². The minimum Gasteiger partial charge on any atom is -0.627 e. The highest BCUT2D eigenvalue weighted by Gasteiger charge is 2.22. The Morgan fingerprint density at radius 1 is 0.769 bits per heavy atom. The Hall–Kier alpha value is -0.940. The largest absolute Gasteiger partial charge is 0.627 e. The summed E-state index contributed by atoms with van der Waals surface area (Å²) in [6, 6.07) is 7.53. The zero-order valence-electron chi connectivity index (χ0n) is 16.7. The number of aliphatic hydroxyl groups excluding tert-OH is 2. The molecule has 1 unspecified atom stereocenters. The second kappa shape index (κ2) is 14.2. The summed E-state index contributed by atoms with van der Waals surface area (Å²) in [5.41, 5.74) is 1.59. The number of rotatable bonds is 16. The molecule has 0 spiro atoms. The normalized spacial score (nSPS) is 13.7. The average Bonchev–Trinajstić information content (AvgIpc) is 2.64. The van der Waals surface area contributed by atoms with Crippen LogP contribution in [0.1, 0.15) is 76.7 Å². The Morgan fingerprint density at radius 3 is 1.92 bits per heavy atom. The molecule has 1 atom stereocenters. The summed E-state index contributed by atoms with van der Waals surface area (Å²) in [6.45, 7) is 2.84. The standard InChI is InChI=1S/C22H39NO3/c1-2-3-4-5-6-7-8-9-10-13-17-23(26,18-20-25)22-15-12-11-14-21(22)16-19-24/h11-12,14-15,24-25H,2-10,13,16-20H2,1H3. The van der Waals surface area contributed by atoms with Crippen LogP contribution >= 0.6 is 0 Å². The van der Waals surface area contributed by atoms with Crippen molar-refractivity contribution in [2.45, 2.75) is 77.6 Å². The maximum absolute atomic E-state index is 13.3. The molecule has 26 heavy (non-hydrogen) atoms. The predicted octanol–water partition coefficient (Wildman–Crippen LogP) is 4.94. The summed E-state index contributed by atoms with van der Waals surface area (Å²) in [7, 11) is 0. The number of nitrogens with zero attached hydrogens (tertiary/aromatic N) is 1. The van der Waals surface area contributed by atoms with Crippen molar-refractivity contribution in [3.63, 3.8) is 0 Å². The maximum atomic E-state index is 13.3. The van der Waals surface area contributed by atoms with E-state index in [1.807, 2.05) is 24.3 Å². The molecule has 4 nitrogen and oxygen atoms in total. The lowest BCUT2D eigenvalue weighted by atomic mass is 10.1. The Balaban J connectivity index is 2.39. The molecular weight excluding hydrogens is 326 g/mol. The summed E-state index contributed by atoms with van der Waals surface area (Å²) in [6.07, 6.45) is 12.9. The molecule has 0 saturated carbocycles. The molecule has 0 amide bonds. The van der Waals surface area contributed by atoms with E-state index in [1.54, 1.807) is 0 Å². The summed E-state index contributed by atoms with van der Waals surface area (Å²) < 4.78 is -0.482. The van der Waals surface area contributed by atoms with Crippen molar-refractivity contribution in [1.82, 2.24) is 4.65 Å². The summed E-state index contributed by atoms with van der Waals surface area (Å²) in [5.74, 6) is 0. The number of para-hydroxylation sites is 1. The van der Waals surface area contributed by atoms with E-state index in [2.05, 4.69) is 6.92 Å². The van der Waals surface area contributed by atoms with E-state index >= 15 is 0 Å². The molecule has 0 saturated heterocycles. The Labute approximate surface area is 160 Å². The van der Waals surface area contributed by atoms with Crippen molar-refractivity contribution < 1.29 is 10.2 Å². The van der Waals surface area contributed by atoms with Crippen LogP contribution < -0.4 is 4.65 Å². The first kappa shape index (κ1) is 23.1. The molecule has 1 aromatic carbocycles. The van der Waals surface area contributed by atoms with Crippen LogP contribution in [-0.2, 0) is 6.42 Å². The first-order valence-electron chi connectivity index (χ1n) is 10.6. The number of aliphatic hydroxyl groups is 2. The smallest absolute Gasteiger partial charge is 0.136 e. The fourth-order valence-electron chi connectivity index (χ4n) is 3.61. The van der Waals surface area contributed by atoms with Gasteiger partial charge >= 0.3 is 0 Å². The van der Waals surface area contributed by atoms with Crippen molar-refractivity contribution in [1.29, 1.82) is 0 Å². The van der Waals surface area contributed by atoms with Gasteiger partial charge in [-0.05, 0) is 18.9 Å². The van der Waals surface area contributed by atoms with Crippen LogP contribution in [0.15, 0.2) is 24.3 Å². The maximum Gasteiger partial charge on any atom is 0.136 e. The number of hydroxylamine groups is 2. The van der Waals surface area contributed by atoms with Gasteiger partial charge in [-0.3, -0.25) is 0 Å². The summed E-state index contributed by atoms with van der Waals surface area (Å²) >= 11 is 0. The van der Waals surface area contributed by atoms with Gasteiger partial charge in [0.15, 0.2) is 0 Å². The molecule has 0 fully saturated rings. The van der Waals surface area contributed by atoms with E-state index in [4.69, 9.17) is 0 Å². The van der Waals surface area contributed by atoms with Crippen LogP contribution in [0.3, 0.4) is 0 Å². The van der Waals surface area contributed by atoms with Crippen LogP contribution in [0.25, 0.3) is 0 Å². The van der Waals surface area contributed by atoms with Gasteiger partial charge in [-0.15, -0.1) is 0 Å². The van der Waals surface area contributed by atoms with Gasteiger partial charge in [0.1, 0.15) is 12.2 Å². The number of hydrogen-bond acceptors (Lipinski definition) is 3. The molecule has 0 aliphatic carbocycles. The SMILES string of the molecule is CCCCCCCCCCCC[N+]([O-])(CCO)c1ccccc1CCO. The molecule has 0 aliphatic heterocycles. The van der Waals surface area contributed by atoms with E-state index in [9.17, 15) is 15.4 Å². The lowest BCUT2D eigenvalue weighted by Crippen LogP contribution is -2.46. The highest BCUT2D eigenvalue weighted by Crippen LogP contribution is 2.28. The van der Waals surface area contributed by atoms with Crippen molar-refractivity contribution in [2.24, 2.45) is 0 Å². The second-order valence-electron chi connectivity index (χ2n) is 7.34. The van der Waals surface area contributed by atoms with Gasteiger partial charge in [-0.2, -0.15) is 0 Å². The zero-order valence-corrected chi connectivity index (χ0v) is 16.7. The number of quaternary nitrogens is 1. The van der Waals surface area contributed by atoms with E-state index < -0.39 is 4.65 Å². The van der Waals surface area contributed by atoms with Crippen LogP contribution in [0.4, 0.5) is 5.69 Å². The third-order valence-electron chi connectivity index (χ3n) is 5.15. The van der Waals surface area contributed by atoms with E-state index in [-0.39, 0.29) is 19.8 Å². The number of unbranched alkanes of at least 4 members (excludes halogenated alkanes) is 9. The van der Waals surface area contributed by atoms with Gasteiger partial charge in [0.25, 0.3) is 0 Å². The first-order valence-corrected chi connectivity index (χ1v) is 10.6. The first-order chi connectivity index (χ1) is 12.7. The minimum absolute atomic E-state index is 0.0361. The highest BCUT2D eigenvalue weighted by molar-refractivity contribution is 5.51. The van der Waals surface area contributed by atoms with Gasteiger partial charge in [0, 0.05) is 18.6 Å². The van der Waals surface area contributed by atoms with E-state index in [1.165, 1.54) is 51.4 Å². The van der Waals surface area contributed by atoms with Gasteiger partial charge in [0.2, 0.25) is 0 Å². The zero-order chi connectivity index (χ0) is 19.1. The molecule has 2 N–H and O–H groups in total. The Morgan fingerprint density at radius 2 is 1.35 bits per heavy atom. The molecule has 0 aromatic heterocycles. The predicted molar refractivity (Wildman–Crippen MR) is 111 cm³/mol. The lowest BCUT2D eigenvalue weighted by Gasteiger charge is -2.43. The summed E-state index contributed by atoms with van der Waals surface area (Å²) in [5, 5.41) is 32.0. The molecular formula is C22H39NO3. The topological polar surface area (TPSA) is 63.5 Å². The molecule has 1 rings (SSSR count). The van der Waals surface area contributed by atoms with Crippen LogP contribution in [0, 0.1) is 5.21 Å². The van der Waals surface area contributed by atoms with Gasteiger partial charge in [-0.1, -0.05) is 76.5 Å². The fourth-order valence-corrected chi connectivity index (χ4v) is 3.61. The van der Waals surface area contributed by atoms with Crippen molar-refractivity contribution >= 4 is 5.69 Å². The molecule has 4 heteroatoms. The number of hydrogen-bond donors (Lipinski definition) is 2. The van der Waals surface area contributed by atoms with Gasteiger partial charge < -0.3 is 20.1 Å². The van der Waals surface area contributed by atoms with Crippen LogP contribution in [0.2, 0.25) is 0 Å². The van der Waals surface area contributed by atoms with E-state index in [0.29, 0.717) is 18.7 Å². The summed E-state index contributed by atoms with van der Waals surface area (Å²) in [4.78, 5) is 0. The van der Waals surface area contributed by atoms with Crippen molar-refractivity contribution in [3.8, 4) is 0 Å². The fraction of sp³-hybridized carbons (Fsp3) is 0.727. The lowest BCUT2D eigenvalue weighted by molar-refractivity contribution is 0.233. The quantitative estimate of drug-likeness (QED) is 0.248. The Kier molecular flexibility index (Phi) is 12.6. The molecule has 0 bridgehead atoms. The molecule has 0 radical (unpaired) electrons. The van der Waals surface area contributed by atoms with Crippen LogP contribution in [0.5, 0.6) is 0 Å². The van der Waals surface area contributed by atoms with Gasteiger partial charge in [0.05, 0.1) is 13.2 Å². The molecule has 0 aliphatic rings. The average molecular weight is 366 g/mol. The monoisotopic (exact) mass is 365 g/mol. The third kappa shape index (κ3) is 8.63. The minimum atomic E-state index is -0.482. The third-order valence-corrected chi connectivity index (χ3v) is 5.15. The highest BCUT2D eigenvalue weighted by atomic mass is 16.5. The van der Waals surface area contributed by atoms with Crippen molar-refractivity contribution in [2.75, 3.05) is 26.3 Å². The van der Waals surface area contributed by atoms with Crippen LogP contribution in [-0.4, -0.2) is 36.5 Å².